The van der Waals surface area contributed by atoms with Crippen LogP contribution in [-0.4, -0.2) is 43.9 Å². The average molecular weight is 211 g/mol. The second-order valence-electron chi connectivity index (χ2n) is 3.09. The molecule has 0 aromatic carbocycles. The first-order valence-electron chi connectivity index (χ1n) is 4.90. The lowest BCUT2D eigenvalue weighted by Crippen LogP contribution is -2.35. The van der Waals surface area contributed by atoms with Crippen molar-refractivity contribution >= 4 is 0 Å². The topological polar surface area (TPSA) is 41.5 Å². The van der Waals surface area contributed by atoms with Crippen molar-refractivity contribution < 1.29 is 18.6 Å². The summed E-state index contributed by atoms with van der Waals surface area (Å²) < 4.78 is 28.2. The lowest BCUT2D eigenvalue weighted by atomic mass is 10.2. The van der Waals surface area contributed by atoms with E-state index in [2.05, 4.69) is 5.32 Å². The van der Waals surface area contributed by atoms with Gasteiger partial charge in [-0.3, -0.25) is 0 Å². The number of aliphatic hydroxyl groups excluding tert-OH is 1. The number of halogens is 2. The van der Waals surface area contributed by atoms with Crippen molar-refractivity contribution in [1.82, 2.24) is 5.32 Å². The zero-order valence-electron chi connectivity index (χ0n) is 8.51. The molecular formula is C9H19F2NO2. The van der Waals surface area contributed by atoms with Crippen LogP contribution in [0.25, 0.3) is 0 Å². The molecule has 0 saturated heterocycles. The zero-order chi connectivity index (χ0) is 10.8. The van der Waals surface area contributed by atoms with Crippen LogP contribution in [0.15, 0.2) is 0 Å². The lowest BCUT2D eigenvalue weighted by Gasteiger charge is -2.17. The van der Waals surface area contributed by atoms with Gasteiger partial charge in [-0.1, -0.05) is 6.92 Å². The van der Waals surface area contributed by atoms with Crippen LogP contribution in [0.4, 0.5) is 8.78 Å². The van der Waals surface area contributed by atoms with E-state index < -0.39 is 13.0 Å². The molecule has 0 bridgehead atoms. The minimum Gasteiger partial charge on any atom is -0.396 e. The second kappa shape index (κ2) is 9.30. The Balaban J connectivity index is 3.50. The first kappa shape index (κ1) is 13.7. The van der Waals surface area contributed by atoms with E-state index in [-0.39, 0.29) is 19.3 Å². The van der Waals surface area contributed by atoms with Crippen LogP contribution in [-0.2, 0) is 4.74 Å². The van der Waals surface area contributed by atoms with E-state index in [1.165, 1.54) is 0 Å². The highest BCUT2D eigenvalue weighted by Gasteiger charge is 2.09. The van der Waals surface area contributed by atoms with Gasteiger partial charge in [0.2, 0.25) is 0 Å². The van der Waals surface area contributed by atoms with E-state index in [1.54, 1.807) is 0 Å². The summed E-state index contributed by atoms with van der Waals surface area (Å²) in [5.41, 5.74) is 0. The third-order valence-corrected chi connectivity index (χ3v) is 1.72. The van der Waals surface area contributed by atoms with Crippen LogP contribution in [0.5, 0.6) is 0 Å². The molecule has 14 heavy (non-hydrogen) atoms. The molecule has 5 heteroatoms. The van der Waals surface area contributed by atoms with Gasteiger partial charge in [-0.05, 0) is 19.4 Å². The standard InChI is InChI=1S/C9H19F2NO2/c1-2-4-12-8(3-5-13)6-14-7-9(10)11/h8-9,12-13H,2-7H2,1H3. The van der Waals surface area contributed by atoms with Crippen LogP contribution in [0, 0.1) is 0 Å². The van der Waals surface area contributed by atoms with Crippen LogP contribution in [0.2, 0.25) is 0 Å². The second-order valence-corrected chi connectivity index (χ2v) is 3.09. The quantitative estimate of drug-likeness (QED) is 0.598. The summed E-state index contributed by atoms with van der Waals surface area (Å²) in [7, 11) is 0. The molecule has 0 fully saturated rings. The van der Waals surface area contributed by atoms with Gasteiger partial charge in [0.1, 0.15) is 6.61 Å². The van der Waals surface area contributed by atoms with Gasteiger partial charge in [0.25, 0.3) is 6.43 Å². The monoisotopic (exact) mass is 211 g/mol. The lowest BCUT2D eigenvalue weighted by molar-refractivity contribution is 0.00731. The molecule has 1 unspecified atom stereocenters. The number of rotatable bonds is 9. The molecule has 3 nitrogen and oxygen atoms in total. The van der Waals surface area contributed by atoms with Gasteiger partial charge in [0, 0.05) is 12.6 Å². The highest BCUT2D eigenvalue weighted by molar-refractivity contribution is 4.65. The molecule has 0 spiro atoms. The van der Waals surface area contributed by atoms with E-state index in [0.717, 1.165) is 13.0 Å². The maximum Gasteiger partial charge on any atom is 0.261 e. The van der Waals surface area contributed by atoms with Crippen LogP contribution >= 0.6 is 0 Å². The van der Waals surface area contributed by atoms with Gasteiger partial charge >= 0.3 is 0 Å². The van der Waals surface area contributed by atoms with E-state index >= 15 is 0 Å². The zero-order valence-corrected chi connectivity index (χ0v) is 8.51. The van der Waals surface area contributed by atoms with Gasteiger partial charge in [-0.25, -0.2) is 8.78 Å². The third kappa shape index (κ3) is 8.34. The van der Waals surface area contributed by atoms with Crippen molar-refractivity contribution in [3.05, 3.63) is 0 Å². The molecule has 0 rings (SSSR count). The summed E-state index contributed by atoms with van der Waals surface area (Å²) in [6, 6.07) is -0.0290. The van der Waals surface area contributed by atoms with Crippen molar-refractivity contribution in [1.29, 1.82) is 0 Å². The minimum absolute atomic E-state index is 0.0290. The Labute approximate surface area is 83.4 Å². The van der Waals surface area contributed by atoms with Gasteiger partial charge in [0.15, 0.2) is 0 Å². The Bertz CT molecular complexity index is 125. The molecule has 0 amide bonds. The predicted octanol–water partition coefficient (Wildman–Crippen LogP) is 1.02. The number of alkyl halides is 2. The molecule has 0 aliphatic heterocycles. The van der Waals surface area contributed by atoms with Crippen molar-refractivity contribution in [2.24, 2.45) is 0 Å². The third-order valence-electron chi connectivity index (χ3n) is 1.72. The number of hydrogen-bond donors (Lipinski definition) is 2. The summed E-state index contributed by atoms with van der Waals surface area (Å²) in [5, 5.41) is 11.8. The fraction of sp³-hybridized carbons (Fsp3) is 1.00. The van der Waals surface area contributed by atoms with E-state index in [9.17, 15) is 8.78 Å². The van der Waals surface area contributed by atoms with Crippen LogP contribution in [0.1, 0.15) is 19.8 Å². The molecule has 0 saturated carbocycles. The van der Waals surface area contributed by atoms with Gasteiger partial charge < -0.3 is 15.2 Å². The molecule has 2 N–H and O–H groups in total. The molecule has 0 aliphatic carbocycles. The fourth-order valence-electron chi connectivity index (χ4n) is 1.05. The van der Waals surface area contributed by atoms with E-state index in [0.29, 0.717) is 6.42 Å². The SMILES string of the molecule is CCCNC(CCO)COCC(F)F. The Hall–Kier alpha value is -0.260. The van der Waals surface area contributed by atoms with Crippen molar-refractivity contribution in [2.75, 3.05) is 26.4 Å². The smallest absolute Gasteiger partial charge is 0.261 e. The number of hydrogen-bond acceptors (Lipinski definition) is 3. The minimum atomic E-state index is -2.42. The molecule has 1 atom stereocenters. The van der Waals surface area contributed by atoms with Crippen molar-refractivity contribution in [3.63, 3.8) is 0 Å². The van der Waals surface area contributed by atoms with Gasteiger partial charge in [0.05, 0.1) is 6.61 Å². The summed E-state index contributed by atoms with van der Waals surface area (Å²) in [5.74, 6) is 0. The fourth-order valence-corrected chi connectivity index (χ4v) is 1.05. The van der Waals surface area contributed by atoms with E-state index in [4.69, 9.17) is 9.84 Å². The average Bonchev–Trinajstić information content (AvgIpc) is 2.13. The molecule has 0 aromatic heterocycles. The summed E-state index contributed by atoms with van der Waals surface area (Å²) in [4.78, 5) is 0. The maximum absolute atomic E-state index is 11.7. The summed E-state index contributed by atoms with van der Waals surface area (Å²) in [6.45, 7) is 2.56. The van der Waals surface area contributed by atoms with Crippen LogP contribution in [0.3, 0.4) is 0 Å². The Morgan fingerprint density at radius 3 is 2.57 bits per heavy atom. The number of ether oxygens (including phenoxy) is 1. The summed E-state index contributed by atoms with van der Waals surface area (Å²) in [6.07, 6.45) is -0.920. The largest absolute Gasteiger partial charge is 0.396 e. The predicted molar refractivity (Wildman–Crippen MR) is 50.6 cm³/mol. The first-order chi connectivity index (χ1) is 6.70. The molecule has 0 radical (unpaired) electrons. The van der Waals surface area contributed by atoms with Gasteiger partial charge in [-0.2, -0.15) is 0 Å². The Kier molecular flexibility index (Phi) is 9.13. The molecular weight excluding hydrogens is 192 g/mol. The molecule has 86 valence electrons. The highest BCUT2D eigenvalue weighted by atomic mass is 19.3. The van der Waals surface area contributed by atoms with Crippen LogP contribution < -0.4 is 5.32 Å². The molecule has 0 aromatic rings. The Morgan fingerprint density at radius 1 is 1.36 bits per heavy atom. The molecule has 0 aliphatic rings. The maximum atomic E-state index is 11.7. The Morgan fingerprint density at radius 2 is 2.07 bits per heavy atom. The van der Waals surface area contributed by atoms with E-state index in [1.807, 2.05) is 6.92 Å². The first-order valence-corrected chi connectivity index (χ1v) is 4.90. The number of aliphatic hydroxyl groups is 1. The van der Waals surface area contributed by atoms with Crippen molar-refractivity contribution in [3.8, 4) is 0 Å². The highest BCUT2D eigenvalue weighted by Crippen LogP contribution is 1.97. The normalized spacial score (nSPS) is 13.5. The molecule has 0 heterocycles. The number of nitrogens with one attached hydrogen (secondary N) is 1. The summed E-state index contributed by atoms with van der Waals surface area (Å²) >= 11 is 0. The van der Waals surface area contributed by atoms with Gasteiger partial charge in [-0.15, -0.1) is 0 Å². The van der Waals surface area contributed by atoms with Crippen molar-refractivity contribution in [2.45, 2.75) is 32.2 Å².